The second-order valence-electron chi connectivity index (χ2n) is 9.68. The van der Waals surface area contributed by atoms with E-state index in [0.29, 0.717) is 11.8 Å². The summed E-state index contributed by atoms with van der Waals surface area (Å²) in [5, 5.41) is 10.0. The predicted molar refractivity (Wildman–Crippen MR) is 134 cm³/mol. The fourth-order valence-corrected chi connectivity index (χ4v) is 5.61. The Bertz CT molecular complexity index is 1120. The molecular weight excluding hydrogens is 427 g/mol. The van der Waals surface area contributed by atoms with E-state index in [1.54, 1.807) is 6.07 Å². The zero-order valence-electron chi connectivity index (χ0n) is 20.0. The number of phenolic OH excluding ortho intramolecular Hbond substituents is 1. The van der Waals surface area contributed by atoms with Crippen molar-refractivity contribution in [2.24, 2.45) is 0 Å². The van der Waals surface area contributed by atoms with Gasteiger partial charge in [0, 0.05) is 18.3 Å². The number of likely N-dealkylation sites (tertiary alicyclic amines) is 1. The molecule has 0 aromatic heterocycles. The lowest BCUT2D eigenvalue weighted by Crippen LogP contribution is -2.38. The van der Waals surface area contributed by atoms with Crippen LogP contribution >= 0.6 is 0 Å². The third-order valence-electron chi connectivity index (χ3n) is 7.44. The quantitative estimate of drug-likeness (QED) is 0.509. The van der Waals surface area contributed by atoms with Crippen molar-refractivity contribution in [3.8, 4) is 11.5 Å². The van der Waals surface area contributed by atoms with Crippen molar-refractivity contribution in [2.75, 3.05) is 25.0 Å². The van der Waals surface area contributed by atoms with Gasteiger partial charge in [0.05, 0.1) is 6.04 Å². The second kappa shape index (κ2) is 9.67. The van der Waals surface area contributed by atoms with E-state index >= 15 is 0 Å². The van der Waals surface area contributed by atoms with Gasteiger partial charge >= 0.3 is 0 Å². The number of benzene rings is 3. The molecule has 0 spiro atoms. The van der Waals surface area contributed by atoms with Crippen LogP contribution in [0.3, 0.4) is 0 Å². The Morgan fingerprint density at radius 2 is 1.79 bits per heavy atom. The molecule has 5 heteroatoms. The van der Waals surface area contributed by atoms with Crippen LogP contribution in [0, 0.1) is 5.82 Å². The molecule has 4 nitrogen and oxygen atoms in total. The summed E-state index contributed by atoms with van der Waals surface area (Å²) >= 11 is 0. The monoisotopic (exact) mass is 460 g/mol. The third kappa shape index (κ3) is 4.76. The molecule has 0 amide bonds. The fourth-order valence-electron chi connectivity index (χ4n) is 5.61. The lowest BCUT2D eigenvalue weighted by Gasteiger charge is -2.39. The molecule has 1 saturated heterocycles. The minimum atomic E-state index is -0.226. The first-order chi connectivity index (χ1) is 16.5. The van der Waals surface area contributed by atoms with E-state index in [-0.39, 0.29) is 18.0 Å². The molecule has 2 heterocycles. The van der Waals surface area contributed by atoms with Gasteiger partial charge in [-0.1, -0.05) is 18.2 Å². The van der Waals surface area contributed by atoms with Crippen molar-refractivity contribution >= 4 is 5.69 Å². The number of fused-ring (bicyclic) bond motifs is 1. The molecule has 3 aromatic carbocycles. The zero-order valence-corrected chi connectivity index (χ0v) is 20.0. The minimum absolute atomic E-state index is 0.104. The maximum atomic E-state index is 13.6. The number of phenols is 1. The highest BCUT2D eigenvalue weighted by Crippen LogP contribution is 2.37. The van der Waals surface area contributed by atoms with E-state index in [1.165, 1.54) is 41.7 Å². The van der Waals surface area contributed by atoms with Crippen LogP contribution in [-0.4, -0.2) is 42.3 Å². The first-order valence-electron chi connectivity index (χ1n) is 12.3. The smallest absolute Gasteiger partial charge is 0.123 e. The van der Waals surface area contributed by atoms with Crippen LogP contribution in [0.5, 0.6) is 11.5 Å². The summed E-state index contributed by atoms with van der Waals surface area (Å²) in [6.45, 7) is 4.12. The molecule has 0 saturated carbocycles. The van der Waals surface area contributed by atoms with Crippen LogP contribution < -0.4 is 9.64 Å². The highest BCUT2D eigenvalue weighted by atomic mass is 19.1. The molecule has 0 radical (unpaired) electrons. The molecule has 0 aliphatic carbocycles. The van der Waals surface area contributed by atoms with Crippen molar-refractivity contribution in [1.82, 2.24) is 4.90 Å². The van der Waals surface area contributed by atoms with Gasteiger partial charge in [0.25, 0.3) is 0 Å². The predicted octanol–water partition coefficient (Wildman–Crippen LogP) is 5.74. The molecule has 2 aliphatic heterocycles. The summed E-state index contributed by atoms with van der Waals surface area (Å²) in [5.74, 6) is 0.980. The molecule has 2 aliphatic rings. The summed E-state index contributed by atoms with van der Waals surface area (Å²) in [6.07, 6.45) is 4.24. The summed E-state index contributed by atoms with van der Waals surface area (Å²) < 4.78 is 19.8. The largest absolute Gasteiger partial charge is 0.508 e. The Balaban J connectivity index is 1.36. The van der Waals surface area contributed by atoms with Crippen LogP contribution in [-0.2, 0) is 12.8 Å². The molecular formula is C29H33FN2O2. The fraction of sp³-hybridized carbons (Fsp3) is 0.379. The molecule has 1 fully saturated rings. The van der Waals surface area contributed by atoms with Crippen molar-refractivity contribution in [3.05, 3.63) is 89.2 Å². The topological polar surface area (TPSA) is 35.9 Å². The van der Waals surface area contributed by atoms with Gasteiger partial charge in [0.15, 0.2) is 0 Å². The molecule has 3 atom stereocenters. The highest BCUT2D eigenvalue weighted by Gasteiger charge is 2.29. The number of anilines is 1. The van der Waals surface area contributed by atoms with Gasteiger partial charge < -0.3 is 14.7 Å². The van der Waals surface area contributed by atoms with Crippen LogP contribution in [0.15, 0.2) is 66.7 Å². The van der Waals surface area contributed by atoms with E-state index in [9.17, 15) is 9.50 Å². The van der Waals surface area contributed by atoms with E-state index in [0.717, 1.165) is 37.4 Å². The molecule has 178 valence electrons. The number of hydrogen-bond donors (Lipinski definition) is 1. The van der Waals surface area contributed by atoms with Gasteiger partial charge in [-0.3, -0.25) is 4.90 Å². The van der Waals surface area contributed by atoms with Crippen molar-refractivity contribution in [1.29, 1.82) is 0 Å². The Labute approximate surface area is 201 Å². The Kier molecular flexibility index (Phi) is 6.46. The molecule has 3 unspecified atom stereocenters. The van der Waals surface area contributed by atoms with E-state index < -0.39 is 0 Å². The number of halogens is 1. The van der Waals surface area contributed by atoms with Crippen LogP contribution in [0.2, 0.25) is 0 Å². The number of likely N-dealkylation sites (N-methyl/N-ethyl adjacent to an activating group) is 1. The van der Waals surface area contributed by atoms with Crippen LogP contribution in [0.1, 0.15) is 42.5 Å². The normalized spacial score (nSPS) is 21.3. The van der Waals surface area contributed by atoms with Gasteiger partial charge in [-0.2, -0.15) is 0 Å². The van der Waals surface area contributed by atoms with Crippen LogP contribution in [0.4, 0.5) is 10.1 Å². The summed E-state index contributed by atoms with van der Waals surface area (Å²) in [7, 11) is 2.18. The lowest BCUT2D eigenvalue weighted by atomic mass is 9.88. The number of nitrogens with zero attached hydrogens (tertiary/aromatic N) is 2. The summed E-state index contributed by atoms with van der Waals surface area (Å²) in [5.41, 5.74) is 4.63. The van der Waals surface area contributed by atoms with Crippen molar-refractivity contribution in [3.63, 3.8) is 0 Å². The van der Waals surface area contributed by atoms with E-state index in [4.69, 9.17) is 4.74 Å². The third-order valence-corrected chi connectivity index (χ3v) is 7.44. The molecule has 0 bridgehead atoms. The van der Waals surface area contributed by atoms with E-state index in [2.05, 4.69) is 48.0 Å². The lowest BCUT2D eigenvalue weighted by molar-refractivity contribution is 0.121. The van der Waals surface area contributed by atoms with Gasteiger partial charge in [-0.15, -0.1) is 0 Å². The highest BCUT2D eigenvalue weighted by molar-refractivity contribution is 5.53. The van der Waals surface area contributed by atoms with Gasteiger partial charge in [-0.05, 0) is 111 Å². The van der Waals surface area contributed by atoms with Crippen molar-refractivity contribution in [2.45, 2.75) is 50.8 Å². The molecule has 1 N–H and O–H groups in total. The van der Waals surface area contributed by atoms with Gasteiger partial charge in [-0.25, -0.2) is 4.39 Å². The Morgan fingerprint density at radius 3 is 2.50 bits per heavy atom. The number of hydrogen-bond acceptors (Lipinski definition) is 4. The SMILES string of the molecule is CC(Oc1ccc(CC2c3ccc(O)cc3CCN2c2ccc(F)cc2)cc1)C1CCCN1C. The Hall–Kier alpha value is -3.05. The first kappa shape index (κ1) is 22.7. The molecule has 5 rings (SSSR count). The molecule has 3 aromatic rings. The van der Waals surface area contributed by atoms with Crippen LogP contribution in [0.25, 0.3) is 0 Å². The average Bonchev–Trinajstić information content (AvgIpc) is 3.27. The number of aromatic hydroxyl groups is 1. The van der Waals surface area contributed by atoms with E-state index in [1.807, 2.05) is 24.3 Å². The summed E-state index contributed by atoms with van der Waals surface area (Å²) in [6, 6.07) is 21.4. The summed E-state index contributed by atoms with van der Waals surface area (Å²) in [4.78, 5) is 4.74. The number of rotatable bonds is 6. The maximum Gasteiger partial charge on any atom is 0.123 e. The first-order valence-corrected chi connectivity index (χ1v) is 12.3. The molecule has 34 heavy (non-hydrogen) atoms. The van der Waals surface area contributed by atoms with Gasteiger partial charge in [0.2, 0.25) is 0 Å². The zero-order chi connectivity index (χ0) is 23.7. The average molecular weight is 461 g/mol. The standard InChI is InChI=1S/C29H33FN2O2/c1-20(28-4-3-16-31(28)2)34-26-12-5-21(6-13-26)18-29-27-14-11-25(33)19-22(27)15-17-32(29)24-9-7-23(30)8-10-24/h5-14,19-20,28-29,33H,3-4,15-18H2,1-2H3. The number of ether oxygens (including phenoxy) is 1. The Morgan fingerprint density at radius 1 is 1.03 bits per heavy atom. The van der Waals surface area contributed by atoms with Gasteiger partial charge in [0.1, 0.15) is 23.4 Å². The van der Waals surface area contributed by atoms with Crippen molar-refractivity contribution < 1.29 is 14.2 Å². The minimum Gasteiger partial charge on any atom is -0.508 e. The second-order valence-corrected chi connectivity index (χ2v) is 9.68. The maximum absolute atomic E-state index is 13.6.